The zero-order valence-electron chi connectivity index (χ0n) is 12.8. The highest BCUT2D eigenvalue weighted by atomic mass is 16.5. The third kappa shape index (κ3) is 6.37. The minimum absolute atomic E-state index is 0.135. The number of nitrogens with one attached hydrogen (secondary N) is 1. The van der Waals surface area contributed by atoms with Gasteiger partial charge in [0.05, 0.1) is 0 Å². The second kappa shape index (κ2) is 8.39. The number of rotatable bonds is 9. The van der Waals surface area contributed by atoms with E-state index < -0.39 is 12.0 Å². The van der Waals surface area contributed by atoms with Crippen LogP contribution in [0.3, 0.4) is 0 Å². The Morgan fingerprint density at radius 1 is 1.33 bits per heavy atom. The Hall–Kier alpha value is -1.92. The molecule has 0 radical (unpaired) electrons. The lowest BCUT2D eigenvalue weighted by molar-refractivity contribution is -0.142. The normalized spacial score (nSPS) is 12.4. The fraction of sp³-hybridized carbons (Fsp3) is 0.714. The van der Waals surface area contributed by atoms with Crippen LogP contribution in [-0.4, -0.2) is 33.2 Å². The highest BCUT2D eigenvalue weighted by Gasteiger charge is 2.21. The van der Waals surface area contributed by atoms with E-state index in [1.807, 2.05) is 20.8 Å². The van der Waals surface area contributed by atoms with E-state index >= 15 is 0 Å². The molecule has 7 nitrogen and oxygen atoms in total. The maximum absolute atomic E-state index is 11.8. The first-order chi connectivity index (χ1) is 9.92. The Kier molecular flexibility index (Phi) is 6.84. The molecule has 0 aromatic carbocycles. The van der Waals surface area contributed by atoms with Crippen LogP contribution in [0.4, 0.5) is 0 Å². The summed E-state index contributed by atoms with van der Waals surface area (Å²) in [5.74, 6) is -0.0993. The van der Waals surface area contributed by atoms with Gasteiger partial charge in [-0.2, -0.15) is 4.98 Å². The van der Waals surface area contributed by atoms with E-state index in [0.29, 0.717) is 24.6 Å². The molecule has 0 bridgehead atoms. The SMILES string of the molecule is CCCc1noc(CCC(=O)NC(CC(C)C)C(=O)O)n1. The van der Waals surface area contributed by atoms with E-state index in [4.69, 9.17) is 9.63 Å². The van der Waals surface area contributed by atoms with Crippen LogP contribution in [0.1, 0.15) is 51.7 Å². The molecule has 118 valence electrons. The van der Waals surface area contributed by atoms with Gasteiger partial charge in [-0.05, 0) is 18.8 Å². The van der Waals surface area contributed by atoms with Crippen molar-refractivity contribution >= 4 is 11.9 Å². The van der Waals surface area contributed by atoms with Crippen molar-refractivity contribution in [3.63, 3.8) is 0 Å². The third-order valence-electron chi connectivity index (χ3n) is 2.89. The molecule has 0 aliphatic rings. The van der Waals surface area contributed by atoms with Crippen LogP contribution >= 0.6 is 0 Å². The fourth-order valence-corrected chi connectivity index (χ4v) is 1.90. The first-order valence-electron chi connectivity index (χ1n) is 7.26. The third-order valence-corrected chi connectivity index (χ3v) is 2.89. The molecule has 1 heterocycles. The first-order valence-corrected chi connectivity index (χ1v) is 7.26. The molecule has 1 rings (SSSR count). The van der Waals surface area contributed by atoms with Gasteiger partial charge in [-0.3, -0.25) is 4.79 Å². The number of amides is 1. The summed E-state index contributed by atoms with van der Waals surface area (Å²) in [4.78, 5) is 27.0. The minimum atomic E-state index is -1.01. The van der Waals surface area contributed by atoms with E-state index in [1.54, 1.807) is 0 Å². The van der Waals surface area contributed by atoms with Crippen LogP contribution in [0.15, 0.2) is 4.52 Å². The van der Waals surface area contributed by atoms with Crippen LogP contribution in [0, 0.1) is 5.92 Å². The molecule has 0 saturated carbocycles. The average molecular weight is 297 g/mol. The number of aliphatic carboxylic acids is 1. The van der Waals surface area contributed by atoms with Gasteiger partial charge in [0, 0.05) is 19.3 Å². The van der Waals surface area contributed by atoms with Crippen molar-refractivity contribution in [1.82, 2.24) is 15.5 Å². The maximum atomic E-state index is 11.8. The van der Waals surface area contributed by atoms with Gasteiger partial charge in [0.1, 0.15) is 6.04 Å². The molecule has 2 N–H and O–H groups in total. The largest absolute Gasteiger partial charge is 0.480 e. The summed E-state index contributed by atoms with van der Waals surface area (Å²) in [5, 5.41) is 15.4. The molecule has 1 aromatic rings. The Morgan fingerprint density at radius 2 is 2.05 bits per heavy atom. The Labute approximate surface area is 124 Å². The lowest BCUT2D eigenvalue weighted by Crippen LogP contribution is -2.41. The quantitative estimate of drug-likeness (QED) is 0.716. The maximum Gasteiger partial charge on any atom is 0.326 e. The molecular weight excluding hydrogens is 274 g/mol. The fourth-order valence-electron chi connectivity index (χ4n) is 1.90. The smallest absolute Gasteiger partial charge is 0.326 e. The number of carboxylic acids is 1. The van der Waals surface area contributed by atoms with E-state index in [9.17, 15) is 9.59 Å². The summed E-state index contributed by atoms with van der Waals surface area (Å²) >= 11 is 0. The van der Waals surface area contributed by atoms with Crippen molar-refractivity contribution in [1.29, 1.82) is 0 Å². The summed E-state index contributed by atoms with van der Waals surface area (Å²) in [6.45, 7) is 5.84. The topological polar surface area (TPSA) is 105 Å². The van der Waals surface area contributed by atoms with Crippen LogP contribution < -0.4 is 5.32 Å². The Morgan fingerprint density at radius 3 is 2.62 bits per heavy atom. The van der Waals surface area contributed by atoms with Crippen molar-refractivity contribution in [2.45, 2.75) is 58.9 Å². The number of carboxylic acid groups (broad SMARTS) is 1. The number of nitrogens with zero attached hydrogens (tertiary/aromatic N) is 2. The summed E-state index contributed by atoms with van der Waals surface area (Å²) in [6, 6.07) is -0.851. The Balaban J connectivity index is 2.42. The molecule has 1 unspecified atom stereocenters. The molecule has 1 aromatic heterocycles. The Bertz CT molecular complexity index is 471. The molecule has 1 amide bonds. The van der Waals surface area contributed by atoms with Gasteiger partial charge < -0.3 is 14.9 Å². The second-order valence-electron chi connectivity index (χ2n) is 5.44. The van der Waals surface area contributed by atoms with Gasteiger partial charge in [-0.15, -0.1) is 0 Å². The van der Waals surface area contributed by atoms with Crippen molar-refractivity contribution in [3.05, 3.63) is 11.7 Å². The number of hydrogen-bond acceptors (Lipinski definition) is 5. The predicted octanol–water partition coefficient (Wildman–Crippen LogP) is 1.57. The molecule has 0 aliphatic heterocycles. The van der Waals surface area contributed by atoms with Crippen molar-refractivity contribution in [2.24, 2.45) is 5.92 Å². The van der Waals surface area contributed by atoms with Gasteiger partial charge in [-0.25, -0.2) is 4.79 Å². The number of carbonyl (C=O) groups is 2. The second-order valence-corrected chi connectivity index (χ2v) is 5.44. The predicted molar refractivity (Wildman–Crippen MR) is 75.6 cm³/mol. The molecule has 21 heavy (non-hydrogen) atoms. The molecule has 1 atom stereocenters. The van der Waals surface area contributed by atoms with Crippen LogP contribution in [-0.2, 0) is 22.4 Å². The van der Waals surface area contributed by atoms with E-state index in [2.05, 4.69) is 15.5 Å². The summed E-state index contributed by atoms with van der Waals surface area (Å²) in [7, 11) is 0. The van der Waals surface area contributed by atoms with Crippen molar-refractivity contribution in [2.75, 3.05) is 0 Å². The number of hydrogen-bond donors (Lipinski definition) is 2. The highest BCUT2D eigenvalue weighted by Crippen LogP contribution is 2.07. The van der Waals surface area contributed by atoms with Crippen LogP contribution in [0.5, 0.6) is 0 Å². The number of carbonyl (C=O) groups excluding carboxylic acids is 1. The zero-order chi connectivity index (χ0) is 15.8. The molecule has 0 aliphatic carbocycles. The summed E-state index contributed by atoms with van der Waals surface area (Å²) in [6.07, 6.45) is 2.52. The summed E-state index contributed by atoms with van der Waals surface area (Å²) < 4.78 is 5.03. The minimum Gasteiger partial charge on any atom is -0.480 e. The number of aryl methyl sites for hydroxylation is 2. The molecular formula is C14H23N3O4. The van der Waals surface area contributed by atoms with Crippen LogP contribution in [0.2, 0.25) is 0 Å². The van der Waals surface area contributed by atoms with Crippen LogP contribution in [0.25, 0.3) is 0 Å². The molecule has 0 saturated heterocycles. The number of aromatic nitrogens is 2. The van der Waals surface area contributed by atoms with Gasteiger partial charge in [-0.1, -0.05) is 25.9 Å². The van der Waals surface area contributed by atoms with Gasteiger partial charge in [0.15, 0.2) is 5.82 Å². The standard InChI is InChI=1S/C14H23N3O4/c1-4-5-11-16-13(21-17-11)7-6-12(18)15-10(14(19)20)8-9(2)3/h9-10H,4-8H2,1-3H3,(H,15,18)(H,19,20). The van der Waals surface area contributed by atoms with Gasteiger partial charge >= 0.3 is 5.97 Å². The average Bonchev–Trinajstić information content (AvgIpc) is 2.83. The molecule has 0 spiro atoms. The zero-order valence-corrected chi connectivity index (χ0v) is 12.8. The van der Waals surface area contributed by atoms with Gasteiger partial charge in [0.25, 0.3) is 0 Å². The highest BCUT2D eigenvalue weighted by molar-refractivity contribution is 5.83. The van der Waals surface area contributed by atoms with E-state index in [1.165, 1.54) is 0 Å². The molecule has 0 fully saturated rings. The van der Waals surface area contributed by atoms with Crippen molar-refractivity contribution < 1.29 is 19.2 Å². The first kappa shape index (κ1) is 17.1. The monoisotopic (exact) mass is 297 g/mol. The van der Waals surface area contributed by atoms with Crippen molar-refractivity contribution in [3.8, 4) is 0 Å². The van der Waals surface area contributed by atoms with E-state index in [-0.39, 0.29) is 18.2 Å². The van der Waals surface area contributed by atoms with E-state index in [0.717, 1.165) is 12.8 Å². The molecule has 7 heteroatoms. The lowest BCUT2D eigenvalue weighted by Gasteiger charge is -2.16. The summed E-state index contributed by atoms with van der Waals surface area (Å²) in [5.41, 5.74) is 0. The lowest BCUT2D eigenvalue weighted by atomic mass is 10.0. The van der Waals surface area contributed by atoms with Gasteiger partial charge in [0.2, 0.25) is 11.8 Å².